The normalized spacial score (nSPS) is 27.2. The fourth-order valence-corrected chi connectivity index (χ4v) is 2.83. The maximum absolute atomic E-state index is 11.8. The number of piperazine rings is 1. The topological polar surface area (TPSA) is 44.4 Å². The van der Waals surface area contributed by atoms with Crippen LogP contribution < -0.4 is 10.6 Å². The first-order valence-electron chi connectivity index (χ1n) is 7.00. The predicted octanol–water partition coefficient (Wildman–Crippen LogP) is 0.729. The van der Waals surface area contributed by atoms with Crippen LogP contribution in [0.3, 0.4) is 0 Å². The molecule has 2 fully saturated rings. The van der Waals surface area contributed by atoms with Crippen LogP contribution in [0.25, 0.3) is 0 Å². The van der Waals surface area contributed by atoms with Crippen LogP contribution in [0.2, 0.25) is 0 Å². The van der Waals surface area contributed by atoms with Gasteiger partial charge in [-0.2, -0.15) is 0 Å². The third-order valence-electron chi connectivity index (χ3n) is 3.99. The van der Waals surface area contributed by atoms with Crippen molar-refractivity contribution < 1.29 is 4.79 Å². The molecule has 2 N–H and O–H groups in total. The first-order valence-corrected chi connectivity index (χ1v) is 7.00. The van der Waals surface area contributed by atoms with Gasteiger partial charge in [0.2, 0.25) is 5.91 Å². The molecule has 1 saturated heterocycles. The van der Waals surface area contributed by atoms with Gasteiger partial charge in [0, 0.05) is 44.7 Å². The highest BCUT2D eigenvalue weighted by Crippen LogP contribution is 2.17. The predicted molar refractivity (Wildman–Crippen MR) is 68.9 cm³/mol. The molecule has 2 rings (SSSR count). The first kappa shape index (κ1) is 12.8. The first-order chi connectivity index (χ1) is 8.25. The van der Waals surface area contributed by atoms with E-state index in [0.717, 1.165) is 26.2 Å². The van der Waals surface area contributed by atoms with Crippen molar-refractivity contribution in [3.05, 3.63) is 0 Å². The standard InChI is InChI=1S/C13H25N3O/c1-11-10-14-7-9-16(11)8-6-13(17)15-12-4-2-3-5-12/h11-12,14H,2-10H2,1H3,(H,15,17)/t11-/m1/s1. The molecule has 0 aromatic carbocycles. The van der Waals surface area contributed by atoms with Gasteiger partial charge in [-0.1, -0.05) is 12.8 Å². The summed E-state index contributed by atoms with van der Waals surface area (Å²) in [6.07, 6.45) is 5.56. The van der Waals surface area contributed by atoms with E-state index in [9.17, 15) is 4.79 Å². The van der Waals surface area contributed by atoms with E-state index in [-0.39, 0.29) is 5.91 Å². The minimum absolute atomic E-state index is 0.239. The van der Waals surface area contributed by atoms with Gasteiger partial charge in [0.1, 0.15) is 0 Å². The molecule has 4 heteroatoms. The number of hydrogen-bond acceptors (Lipinski definition) is 3. The van der Waals surface area contributed by atoms with Gasteiger partial charge in [0.05, 0.1) is 0 Å². The number of nitrogens with one attached hydrogen (secondary N) is 2. The lowest BCUT2D eigenvalue weighted by Crippen LogP contribution is -2.50. The largest absolute Gasteiger partial charge is 0.353 e. The zero-order valence-corrected chi connectivity index (χ0v) is 10.9. The molecule has 1 aliphatic carbocycles. The fraction of sp³-hybridized carbons (Fsp3) is 0.923. The summed E-state index contributed by atoms with van der Waals surface area (Å²) >= 11 is 0. The van der Waals surface area contributed by atoms with Crippen molar-refractivity contribution in [2.24, 2.45) is 0 Å². The summed E-state index contributed by atoms with van der Waals surface area (Å²) in [4.78, 5) is 14.2. The zero-order valence-electron chi connectivity index (χ0n) is 10.9. The summed E-state index contributed by atoms with van der Waals surface area (Å²) in [5.41, 5.74) is 0. The summed E-state index contributed by atoms with van der Waals surface area (Å²) in [6, 6.07) is 1.02. The van der Waals surface area contributed by atoms with Crippen LogP contribution in [-0.2, 0) is 4.79 Å². The lowest BCUT2D eigenvalue weighted by atomic mass is 10.2. The van der Waals surface area contributed by atoms with Gasteiger partial charge in [0.25, 0.3) is 0 Å². The molecule has 98 valence electrons. The average Bonchev–Trinajstić information content (AvgIpc) is 2.81. The Kier molecular flexibility index (Phi) is 4.80. The molecule has 1 heterocycles. The number of carbonyl (C=O) groups excluding carboxylic acids is 1. The fourth-order valence-electron chi connectivity index (χ4n) is 2.83. The minimum Gasteiger partial charge on any atom is -0.353 e. The molecule has 0 spiro atoms. The Morgan fingerprint density at radius 2 is 2.18 bits per heavy atom. The van der Waals surface area contributed by atoms with Crippen molar-refractivity contribution in [1.82, 2.24) is 15.5 Å². The van der Waals surface area contributed by atoms with Crippen molar-refractivity contribution in [3.8, 4) is 0 Å². The molecule has 0 aromatic rings. The molecular weight excluding hydrogens is 214 g/mol. The number of hydrogen-bond donors (Lipinski definition) is 2. The summed E-state index contributed by atoms with van der Waals surface area (Å²) < 4.78 is 0. The monoisotopic (exact) mass is 239 g/mol. The Morgan fingerprint density at radius 1 is 1.41 bits per heavy atom. The van der Waals surface area contributed by atoms with E-state index in [4.69, 9.17) is 0 Å². The molecule has 4 nitrogen and oxygen atoms in total. The smallest absolute Gasteiger partial charge is 0.221 e. The molecule has 17 heavy (non-hydrogen) atoms. The molecular formula is C13H25N3O. The van der Waals surface area contributed by atoms with Crippen molar-refractivity contribution in [3.63, 3.8) is 0 Å². The zero-order chi connectivity index (χ0) is 12.1. The van der Waals surface area contributed by atoms with Gasteiger partial charge in [-0.3, -0.25) is 9.69 Å². The maximum atomic E-state index is 11.8. The van der Waals surface area contributed by atoms with Crippen LogP contribution in [0.4, 0.5) is 0 Å². The second-order valence-electron chi connectivity index (χ2n) is 5.39. The van der Waals surface area contributed by atoms with Gasteiger partial charge in [0.15, 0.2) is 0 Å². The lowest BCUT2D eigenvalue weighted by Gasteiger charge is -2.33. The van der Waals surface area contributed by atoms with Crippen molar-refractivity contribution in [1.29, 1.82) is 0 Å². The van der Waals surface area contributed by atoms with Gasteiger partial charge < -0.3 is 10.6 Å². The highest BCUT2D eigenvalue weighted by atomic mass is 16.1. The number of amides is 1. The van der Waals surface area contributed by atoms with Gasteiger partial charge in [-0.15, -0.1) is 0 Å². The van der Waals surface area contributed by atoms with E-state index in [2.05, 4.69) is 22.5 Å². The van der Waals surface area contributed by atoms with E-state index < -0.39 is 0 Å². The van der Waals surface area contributed by atoms with E-state index in [1.165, 1.54) is 25.7 Å². The molecule has 0 bridgehead atoms. The van der Waals surface area contributed by atoms with Crippen molar-refractivity contribution in [2.75, 3.05) is 26.2 Å². The highest BCUT2D eigenvalue weighted by Gasteiger charge is 2.20. The Hall–Kier alpha value is -0.610. The highest BCUT2D eigenvalue weighted by molar-refractivity contribution is 5.76. The summed E-state index contributed by atoms with van der Waals surface area (Å²) in [5.74, 6) is 0.239. The molecule has 0 radical (unpaired) electrons. The van der Waals surface area contributed by atoms with Gasteiger partial charge in [-0.05, 0) is 19.8 Å². The second-order valence-corrected chi connectivity index (χ2v) is 5.39. The number of rotatable bonds is 4. The van der Waals surface area contributed by atoms with E-state index >= 15 is 0 Å². The molecule has 2 aliphatic rings. The molecule has 1 amide bonds. The van der Waals surface area contributed by atoms with Crippen LogP contribution in [-0.4, -0.2) is 49.1 Å². The van der Waals surface area contributed by atoms with E-state index in [0.29, 0.717) is 18.5 Å². The summed E-state index contributed by atoms with van der Waals surface area (Å²) in [6.45, 7) is 6.29. The Morgan fingerprint density at radius 3 is 2.88 bits per heavy atom. The van der Waals surface area contributed by atoms with Crippen molar-refractivity contribution >= 4 is 5.91 Å². The van der Waals surface area contributed by atoms with Crippen LogP contribution >= 0.6 is 0 Å². The molecule has 1 aliphatic heterocycles. The van der Waals surface area contributed by atoms with Crippen LogP contribution in [0, 0.1) is 0 Å². The SMILES string of the molecule is C[C@@H]1CNCCN1CCC(=O)NC1CCCC1. The summed E-state index contributed by atoms with van der Waals surface area (Å²) in [5, 5.41) is 6.52. The second kappa shape index (κ2) is 6.36. The van der Waals surface area contributed by atoms with E-state index in [1.54, 1.807) is 0 Å². The van der Waals surface area contributed by atoms with Crippen LogP contribution in [0.15, 0.2) is 0 Å². The Bertz CT molecular complexity index is 251. The molecule has 1 saturated carbocycles. The van der Waals surface area contributed by atoms with E-state index in [1.807, 2.05) is 0 Å². The molecule has 0 aromatic heterocycles. The van der Waals surface area contributed by atoms with Crippen LogP contribution in [0.5, 0.6) is 0 Å². The van der Waals surface area contributed by atoms with Crippen LogP contribution in [0.1, 0.15) is 39.0 Å². The third-order valence-corrected chi connectivity index (χ3v) is 3.99. The average molecular weight is 239 g/mol. The van der Waals surface area contributed by atoms with Gasteiger partial charge in [-0.25, -0.2) is 0 Å². The number of carbonyl (C=O) groups is 1. The molecule has 0 unspecified atom stereocenters. The minimum atomic E-state index is 0.239. The molecule has 1 atom stereocenters. The Balaban J connectivity index is 1.64. The Labute approximate surface area is 104 Å². The van der Waals surface area contributed by atoms with Crippen molar-refractivity contribution in [2.45, 2.75) is 51.1 Å². The lowest BCUT2D eigenvalue weighted by molar-refractivity contribution is -0.122. The van der Waals surface area contributed by atoms with Gasteiger partial charge >= 0.3 is 0 Å². The third kappa shape index (κ3) is 3.96. The maximum Gasteiger partial charge on any atom is 0.221 e. The quantitative estimate of drug-likeness (QED) is 0.760. The summed E-state index contributed by atoms with van der Waals surface area (Å²) in [7, 11) is 0. The number of nitrogens with zero attached hydrogens (tertiary/aromatic N) is 1.